The first kappa shape index (κ1) is 21.9. The van der Waals surface area contributed by atoms with Gasteiger partial charge in [-0.2, -0.15) is 5.10 Å². The van der Waals surface area contributed by atoms with E-state index in [1.165, 1.54) is 22.1 Å². The largest absolute Gasteiger partial charge is 0.346 e. The number of hydrogen-bond donors (Lipinski definition) is 1. The van der Waals surface area contributed by atoms with Crippen molar-refractivity contribution in [1.82, 2.24) is 18.7 Å². The molecule has 1 atom stereocenters. The van der Waals surface area contributed by atoms with E-state index in [0.29, 0.717) is 36.5 Å². The Morgan fingerprint density at radius 1 is 1.23 bits per heavy atom. The Bertz CT molecular complexity index is 1120. The number of rotatable bonds is 6. The number of piperidine rings is 1. The summed E-state index contributed by atoms with van der Waals surface area (Å²) in [6.07, 6.45) is 2.56. The van der Waals surface area contributed by atoms with Crippen LogP contribution in [0.25, 0.3) is 0 Å². The fourth-order valence-electron chi connectivity index (χ4n) is 3.54. The number of anilines is 1. The Labute approximate surface area is 174 Å². The van der Waals surface area contributed by atoms with Crippen LogP contribution in [0.4, 0.5) is 5.69 Å². The van der Waals surface area contributed by atoms with Crippen molar-refractivity contribution in [2.45, 2.75) is 32.2 Å². The number of carbonyl (C=O) groups is 2. The van der Waals surface area contributed by atoms with Gasteiger partial charge in [-0.15, -0.1) is 0 Å². The number of nitrogens with zero attached hydrogens (tertiary/aromatic N) is 4. The summed E-state index contributed by atoms with van der Waals surface area (Å²) in [4.78, 5) is 36.2. The Kier molecular flexibility index (Phi) is 6.22. The quantitative estimate of drug-likeness (QED) is 0.662. The van der Waals surface area contributed by atoms with Gasteiger partial charge in [-0.05, 0) is 44.0 Å². The van der Waals surface area contributed by atoms with Gasteiger partial charge in [-0.1, -0.05) is 0 Å². The van der Waals surface area contributed by atoms with Gasteiger partial charge in [0.05, 0.1) is 6.26 Å². The van der Waals surface area contributed by atoms with Gasteiger partial charge >= 0.3 is 5.69 Å². The number of hydrogen-bond acceptors (Lipinski definition) is 6. The van der Waals surface area contributed by atoms with E-state index in [1.807, 2.05) is 0 Å². The summed E-state index contributed by atoms with van der Waals surface area (Å²) in [5.74, 6) is -0.252. The second-order valence-electron chi connectivity index (χ2n) is 7.50. The standard InChI is InChI=1S/C19H25N5O5S/c1-13(25)14-6-8-16(9-7-14)20-17(26)12-24-19(27)22(2)18(21-24)15-5-4-10-23(11-15)30(3,28)29/h6-9,15H,4-5,10-12H2,1-3H3,(H,20,26)/t15-/m0/s1. The van der Waals surface area contributed by atoms with Gasteiger partial charge in [0.2, 0.25) is 15.9 Å². The molecule has 1 amide bonds. The first-order valence-electron chi connectivity index (χ1n) is 9.56. The van der Waals surface area contributed by atoms with Crippen LogP contribution in [-0.4, -0.2) is 58.1 Å². The molecule has 30 heavy (non-hydrogen) atoms. The maximum atomic E-state index is 12.5. The van der Waals surface area contributed by atoms with Crippen LogP contribution in [0.15, 0.2) is 29.1 Å². The number of amides is 1. The van der Waals surface area contributed by atoms with Gasteiger partial charge in [-0.3, -0.25) is 14.2 Å². The summed E-state index contributed by atoms with van der Waals surface area (Å²) in [6.45, 7) is 1.90. The first-order chi connectivity index (χ1) is 14.1. The number of benzene rings is 1. The molecular weight excluding hydrogens is 410 g/mol. The fraction of sp³-hybridized carbons (Fsp3) is 0.474. The Hall–Kier alpha value is -2.79. The molecule has 1 fully saturated rings. The van der Waals surface area contributed by atoms with E-state index < -0.39 is 21.6 Å². The van der Waals surface area contributed by atoms with Crippen LogP contribution >= 0.6 is 0 Å². The van der Waals surface area contributed by atoms with Gasteiger partial charge < -0.3 is 5.32 Å². The molecule has 0 spiro atoms. The molecule has 1 aliphatic rings. The molecule has 0 radical (unpaired) electrons. The van der Waals surface area contributed by atoms with Crippen LogP contribution in [0.1, 0.15) is 41.9 Å². The summed E-state index contributed by atoms with van der Waals surface area (Å²) >= 11 is 0. The molecule has 1 aromatic heterocycles. The van der Waals surface area contributed by atoms with Crippen molar-refractivity contribution in [3.8, 4) is 0 Å². The molecule has 2 aromatic rings. The highest BCUT2D eigenvalue weighted by molar-refractivity contribution is 7.88. The van der Waals surface area contributed by atoms with E-state index in [9.17, 15) is 22.8 Å². The number of sulfonamides is 1. The summed E-state index contributed by atoms with van der Waals surface area (Å²) in [5.41, 5.74) is 0.600. The predicted octanol–water partition coefficient (Wildman–Crippen LogP) is 0.562. The van der Waals surface area contributed by atoms with Gasteiger partial charge in [0.1, 0.15) is 12.4 Å². The smallest absolute Gasteiger partial charge is 0.324 e. The molecule has 0 bridgehead atoms. The van der Waals surface area contributed by atoms with Crippen LogP contribution in [0.2, 0.25) is 0 Å². The topological polar surface area (TPSA) is 123 Å². The average Bonchev–Trinajstić information content (AvgIpc) is 2.96. The molecule has 1 N–H and O–H groups in total. The summed E-state index contributed by atoms with van der Waals surface area (Å²) in [5, 5.41) is 6.98. The third-order valence-corrected chi connectivity index (χ3v) is 6.43. The third kappa shape index (κ3) is 4.85. The molecule has 162 valence electrons. The lowest BCUT2D eigenvalue weighted by Crippen LogP contribution is -2.39. The lowest BCUT2D eigenvalue weighted by molar-refractivity contribution is -0.117. The normalized spacial score (nSPS) is 17.6. The predicted molar refractivity (Wildman–Crippen MR) is 111 cm³/mol. The minimum atomic E-state index is -3.32. The van der Waals surface area contributed by atoms with Crippen LogP contribution in [0, 0.1) is 0 Å². The molecule has 11 heteroatoms. The van der Waals surface area contributed by atoms with Crippen molar-refractivity contribution >= 4 is 27.4 Å². The monoisotopic (exact) mass is 435 g/mol. The van der Waals surface area contributed by atoms with Crippen molar-refractivity contribution in [3.05, 3.63) is 46.1 Å². The van der Waals surface area contributed by atoms with Crippen LogP contribution in [0.3, 0.4) is 0 Å². The van der Waals surface area contributed by atoms with E-state index in [4.69, 9.17) is 0 Å². The number of carbonyl (C=O) groups excluding carboxylic acids is 2. The molecule has 1 saturated heterocycles. The second-order valence-corrected chi connectivity index (χ2v) is 9.48. The average molecular weight is 436 g/mol. The zero-order valence-corrected chi connectivity index (χ0v) is 18.0. The van der Waals surface area contributed by atoms with Gasteiger partial charge in [0.15, 0.2) is 5.78 Å². The highest BCUT2D eigenvalue weighted by Gasteiger charge is 2.30. The Morgan fingerprint density at radius 2 is 1.90 bits per heavy atom. The van der Waals surface area contributed by atoms with Crippen molar-refractivity contribution in [3.63, 3.8) is 0 Å². The summed E-state index contributed by atoms with van der Waals surface area (Å²) in [7, 11) is -1.75. The minimum Gasteiger partial charge on any atom is -0.324 e. The van der Waals surface area contributed by atoms with E-state index in [1.54, 1.807) is 31.3 Å². The lowest BCUT2D eigenvalue weighted by Gasteiger charge is -2.30. The van der Waals surface area contributed by atoms with E-state index in [0.717, 1.165) is 4.68 Å². The number of nitrogens with one attached hydrogen (secondary N) is 1. The molecular formula is C19H25N5O5S. The zero-order chi connectivity index (χ0) is 22.1. The van der Waals surface area contributed by atoms with Gasteiger partial charge in [0.25, 0.3) is 0 Å². The molecule has 0 aliphatic carbocycles. The molecule has 3 rings (SSSR count). The fourth-order valence-corrected chi connectivity index (χ4v) is 4.45. The van der Waals surface area contributed by atoms with Gasteiger partial charge in [0, 0.05) is 37.3 Å². The Balaban J connectivity index is 1.72. The number of Topliss-reactive ketones (excluding diaryl/α,β-unsaturated/α-hetero) is 1. The number of ketones is 1. The van der Waals surface area contributed by atoms with Crippen molar-refractivity contribution in [2.75, 3.05) is 24.7 Å². The third-order valence-electron chi connectivity index (χ3n) is 5.16. The van der Waals surface area contributed by atoms with Crippen LogP contribution < -0.4 is 11.0 Å². The van der Waals surface area contributed by atoms with E-state index >= 15 is 0 Å². The molecule has 0 saturated carbocycles. The lowest BCUT2D eigenvalue weighted by atomic mass is 9.99. The summed E-state index contributed by atoms with van der Waals surface area (Å²) < 4.78 is 27.6. The summed E-state index contributed by atoms with van der Waals surface area (Å²) in [6, 6.07) is 6.45. The zero-order valence-electron chi connectivity index (χ0n) is 17.2. The number of aromatic nitrogens is 3. The van der Waals surface area contributed by atoms with Crippen molar-refractivity contribution < 1.29 is 18.0 Å². The minimum absolute atomic E-state index is 0.0717. The van der Waals surface area contributed by atoms with Crippen molar-refractivity contribution in [2.24, 2.45) is 7.05 Å². The maximum Gasteiger partial charge on any atom is 0.346 e. The van der Waals surface area contributed by atoms with Gasteiger partial charge in [-0.25, -0.2) is 22.2 Å². The van der Waals surface area contributed by atoms with Crippen molar-refractivity contribution in [1.29, 1.82) is 0 Å². The van der Waals surface area contributed by atoms with E-state index in [-0.39, 0.29) is 24.8 Å². The van der Waals surface area contributed by atoms with Crippen LogP contribution in [-0.2, 0) is 28.4 Å². The maximum absolute atomic E-state index is 12.5. The molecule has 1 aromatic carbocycles. The SMILES string of the molecule is CC(=O)c1ccc(NC(=O)Cn2nc([C@H]3CCCN(S(C)(=O)=O)C3)n(C)c2=O)cc1. The second kappa shape index (κ2) is 8.52. The molecule has 2 heterocycles. The highest BCUT2D eigenvalue weighted by atomic mass is 32.2. The first-order valence-corrected chi connectivity index (χ1v) is 11.4. The van der Waals surface area contributed by atoms with Crippen LogP contribution in [0.5, 0.6) is 0 Å². The highest BCUT2D eigenvalue weighted by Crippen LogP contribution is 2.26. The molecule has 1 aliphatic heterocycles. The molecule has 0 unspecified atom stereocenters. The van der Waals surface area contributed by atoms with E-state index in [2.05, 4.69) is 10.4 Å². The Morgan fingerprint density at radius 3 is 2.50 bits per heavy atom. The molecule has 10 nitrogen and oxygen atoms in total.